The van der Waals surface area contributed by atoms with Crippen LogP contribution in [0.5, 0.6) is 0 Å². The highest BCUT2D eigenvalue weighted by atomic mass is 16.5. The Balaban J connectivity index is 1.39. The molecule has 1 saturated heterocycles. The number of carbonyl (C=O) groups is 2. The van der Waals surface area contributed by atoms with Gasteiger partial charge in [-0.3, -0.25) is 9.59 Å². The molecule has 0 atom stereocenters. The fourth-order valence-corrected chi connectivity index (χ4v) is 4.44. The summed E-state index contributed by atoms with van der Waals surface area (Å²) in [6.07, 6.45) is 2.08. The number of hydrogen-bond donors (Lipinski definition) is 1. The number of fused-ring (bicyclic) bond motifs is 1. The molecule has 4 aromatic rings. The van der Waals surface area contributed by atoms with Gasteiger partial charge in [-0.1, -0.05) is 47.6 Å². The van der Waals surface area contributed by atoms with Crippen LogP contribution in [-0.4, -0.2) is 53.2 Å². The van der Waals surface area contributed by atoms with Crippen molar-refractivity contribution >= 4 is 28.6 Å². The van der Waals surface area contributed by atoms with E-state index in [2.05, 4.69) is 15.5 Å². The number of rotatable bonds is 5. The van der Waals surface area contributed by atoms with E-state index in [0.717, 1.165) is 24.1 Å². The Kier molecular flexibility index (Phi) is 5.50. The lowest BCUT2D eigenvalue weighted by Crippen LogP contribution is -2.41. The quantitative estimate of drug-likeness (QED) is 0.463. The Hall–Kier alpha value is -4.04. The van der Waals surface area contributed by atoms with Crippen LogP contribution in [0.4, 0.5) is 5.69 Å². The maximum absolute atomic E-state index is 13.7. The fraction of sp³-hybridized carbons (Fsp3) is 0.259. The summed E-state index contributed by atoms with van der Waals surface area (Å²) in [5.41, 5.74) is 3.92. The topological polar surface area (TPSA) is 97.6 Å². The lowest BCUT2D eigenvalue weighted by atomic mass is 10.0. The van der Waals surface area contributed by atoms with Crippen molar-refractivity contribution in [1.82, 2.24) is 15.0 Å². The average molecular weight is 469 g/mol. The van der Waals surface area contributed by atoms with Crippen LogP contribution in [0.1, 0.15) is 45.2 Å². The van der Waals surface area contributed by atoms with E-state index >= 15 is 0 Å². The normalized spacial score (nSPS) is 15.8. The number of carbonyl (C=O) groups excluding carboxylic acids is 2. The fourth-order valence-electron chi connectivity index (χ4n) is 4.44. The van der Waals surface area contributed by atoms with E-state index in [0.29, 0.717) is 65.8 Å². The molecule has 6 rings (SSSR count). The number of benzene rings is 2. The van der Waals surface area contributed by atoms with Gasteiger partial charge in [0.1, 0.15) is 5.69 Å². The Bertz CT molecular complexity index is 1410. The molecule has 8 nitrogen and oxygen atoms in total. The van der Waals surface area contributed by atoms with Gasteiger partial charge < -0.3 is 19.5 Å². The number of anilines is 1. The Labute approximate surface area is 201 Å². The molecular weight excluding hydrogens is 444 g/mol. The van der Waals surface area contributed by atoms with Crippen LogP contribution in [0.15, 0.2) is 65.2 Å². The summed E-state index contributed by atoms with van der Waals surface area (Å²) >= 11 is 0. The molecule has 1 aliphatic carbocycles. The third-order valence-corrected chi connectivity index (χ3v) is 6.46. The summed E-state index contributed by atoms with van der Waals surface area (Å²) in [7, 11) is 0. The summed E-state index contributed by atoms with van der Waals surface area (Å²) in [6.45, 7) is 2.07. The second-order valence-corrected chi connectivity index (χ2v) is 8.85. The SMILES string of the molecule is O=C(Nc1ccccc1C(=O)N1CCOCC1)c1cc(C2CC2)nc2onc(-c3ccccc3)c12. The molecule has 2 fully saturated rings. The summed E-state index contributed by atoms with van der Waals surface area (Å²) in [4.78, 5) is 33.3. The predicted octanol–water partition coefficient (Wildman–Crippen LogP) is 4.49. The second kappa shape index (κ2) is 8.96. The summed E-state index contributed by atoms with van der Waals surface area (Å²) in [5.74, 6) is -0.133. The van der Waals surface area contributed by atoms with Gasteiger partial charge in [0.15, 0.2) is 0 Å². The van der Waals surface area contributed by atoms with E-state index < -0.39 is 0 Å². The first-order chi connectivity index (χ1) is 17.2. The number of nitrogens with one attached hydrogen (secondary N) is 1. The van der Waals surface area contributed by atoms with Crippen LogP contribution in [0.3, 0.4) is 0 Å². The number of morpholine rings is 1. The minimum Gasteiger partial charge on any atom is -0.378 e. The van der Waals surface area contributed by atoms with Crippen molar-refractivity contribution in [3.8, 4) is 11.3 Å². The van der Waals surface area contributed by atoms with E-state index in [1.54, 1.807) is 29.2 Å². The molecule has 176 valence electrons. The molecule has 0 radical (unpaired) electrons. The Morgan fingerprint density at radius 2 is 1.69 bits per heavy atom. The van der Waals surface area contributed by atoms with Gasteiger partial charge in [-0.25, -0.2) is 4.98 Å². The smallest absolute Gasteiger partial charge is 0.259 e. The molecule has 3 heterocycles. The van der Waals surface area contributed by atoms with Crippen LogP contribution in [0.25, 0.3) is 22.4 Å². The molecule has 2 amide bonds. The van der Waals surface area contributed by atoms with Crippen LogP contribution in [0, 0.1) is 0 Å². The summed E-state index contributed by atoms with van der Waals surface area (Å²) in [5, 5.41) is 7.80. The number of aromatic nitrogens is 2. The molecular formula is C27H24N4O4. The highest BCUT2D eigenvalue weighted by molar-refractivity contribution is 6.16. The summed E-state index contributed by atoms with van der Waals surface area (Å²) in [6, 6.07) is 18.5. The van der Waals surface area contributed by atoms with Gasteiger partial charge in [0.05, 0.1) is 35.4 Å². The zero-order valence-corrected chi connectivity index (χ0v) is 19.1. The Morgan fingerprint density at radius 1 is 0.943 bits per heavy atom. The van der Waals surface area contributed by atoms with Gasteiger partial charge >= 0.3 is 0 Å². The number of hydrogen-bond acceptors (Lipinski definition) is 6. The highest BCUT2D eigenvalue weighted by Gasteiger charge is 2.30. The van der Waals surface area contributed by atoms with E-state index in [1.807, 2.05) is 36.4 Å². The van der Waals surface area contributed by atoms with Gasteiger partial charge in [-0.15, -0.1) is 0 Å². The van der Waals surface area contributed by atoms with E-state index in [9.17, 15) is 9.59 Å². The molecule has 0 unspecified atom stereocenters. The maximum atomic E-state index is 13.7. The number of ether oxygens (including phenoxy) is 1. The van der Waals surface area contributed by atoms with Gasteiger partial charge in [-0.2, -0.15) is 0 Å². The minimum absolute atomic E-state index is 0.127. The lowest BCUT2D eigenvalue weighted by Gasteiger charge is -2.27. The molecule has 35 heavy (non-hydrogen) atoms. The molecule has 8 heteroatoms. The molecule has 0 bridgehead atoms. The van der Waals surface area contributed by atoms with Gasteiger partial charge in [0.2, 0.25) is 0 Å². The van der Waals surface area contributed by atoms with Crippen molar-refractivity contribution in [2.45, 2.75) is 18.8 Å². The molecule has 1 N–H and O–H groups in total. The van der Waals surface area contributed by atoms with Gasteiger partial charge in [0, 0.05) is 30.3 Å². The van der Waals surface area contributed by atoms with E-state index in [-0.39, 0.29) is 11.8 Å². The highest BCUT2D eigenvalue weighted by Crippen LogP contribution is 2.41. The van der Waals surface area contributed by atoms with Crippen LogP contribution in [0.2, 0.25) is 0 Å². The predicted molar refractivity (Wildman–Crippen MR) is 130 cm³/mol. The van der Waals surface area contributed by atoms with Gasteiger partial charge in [-0.05, 0) is 31.0 Å². The van der Waals surface area contributed by atoms with Crippen molar-refractivity contribution in [2.24, 2.45) is 0 Å². The first-order valence-corrected chi connectivity index (χ1v) is 11.8. The monoisotopic (exact) mass is 468 g/mol. The van der Waals surface area contributed by atoms with Crippen LogP contribution in [-0.2, 0) is 4.74 Å². The third-order valence-electron chi connectivity index (χ3n) is 6.46. The van der Waals surface area contributed by atoms with Crippen molar-refractivity contribution < 1.29 is 18.8 Å². The zero-order valence-electron chi connectivity index (χ0n) is 19.1. The Morgan fingerprint density at radius 3 is 2.46 bits per heavy atom. The zero-order chi connectivity index (χ0) is 23.8. The average Bonchev–Trinajstić information content (AvgIpc) is 3.68. The standard InChI is InChI=1S/C27H24N4O4/c32-25(28-21-9-5-4-8-19(21)27(33)31-12-14-34-15-13-31)20-16-22(17-10-11-17)29-26-23(20)24(30-35-26)18-6-2-1-3-7-18/h1-9,16-17H,10-15H2,(H,28,32). The van der Waals surface area contributed by atoms with Crippen molar-refractivity contribution in [3.05, 3.63) is 77.5 Å². The molecule has 2 aromatic heterocycles. The summed E-state index contributed by atoms with van der Waals surface area (Å²) < 4.78 is 11.0. The second-order valence-electron chi connectivity index (χ2n) is 8.85. The number of pyridine rings is 1. The number of nitrogens with zero attached hydrogens (tertiary/aromatic N) is 3. The number of amides is 2. The van der Waals surface area contributed by atoms with Crippen LogP contribution >= 0.6 is 0 Å². The third kappa shape index (κ3) is 4.17. The molecule has 1 saturated carbocycles. The van der Waals surface area contributed by atoms with Crippen LogP contribution < -0.4 is 5.32 Å². The molecule has 1 aliphatic heterocycles. The maximum Gasteiger partial charge on any atom is 0.259 e. The van der Waals surface area contributed by atoms with Crippen molar-refractivity contribution in [3.63, 3.8) is 0 Å². The first kappa shape index (κ1) is 21.5. The largest absolute Gasteiger partial charge is 0.378 e. The van der Waals surface area contributed by atoms with E-state index in [1.165, 1.54) is 0 Å². The molecule has 2 aliphatic rings. The van der Waals surface area contributed by atoms with Gasteiger partial charge in [0.25, 0.3) is 17.5 Å². The first-order valence-electron chi connectivity index (χ1n) is 11.8. The lowest BCUT2D eigenvalue weighted by molar-refractivity contribution is 0.0303. The minimum atomic E-state index is -0.332. The molecule has 0 spiro atoms. The molecule has 2 aromatic carbocycles. The van der Waals surface area contributed by atoms with Crippen molar-refractivity contribution in [1.29, 1.82) is 0 Å². The van der Waals surface area contributed by atoms with E-state index in [4.69, 9.17) is 9.26 Å². The number of para-hydroxylation sites is 1. The van der Waals surface area contributed by atoms with Crippen molar-refractivity contribution in [2.75, 3.05) is 31.6 Å².